The average molecular weight is 500 g/mol. The van der Waals surface area contributed by atoms with Crippen LogP contribution < -0.4 is 14.8 Å². The number of methoxy groups -OCH3 is 1. The lowest BCUT2D eigenvalue weighted by Crippen LogP contribution is -2.30. The third-order valence-electron chi connectivity index (χ3n) is 4.71. The predicted octanol–water partition coefficient (Wildman–Crippen LogP) is 3.59. The van der Waals surface area contributed by atoms with Crippen LogP contribution in [0.1, 0.15) is 17.3 Å². The molecule has 11 nitrogen and oxygen atoms in total. The van der Waals surface area contributed by atoms with Gasteiger partial charge in [0.15, 0.2) is 6.10 Å². The maximum absolute atomic E-state index is 12.6. The maximum atomic E-state index is 12.6. The Kier molecular flexibility index (Phi) is 7.66. The standard InChI is InChI=1S/C23H21N3O8S/c1-15(22(27)24-20-14-18(26(29)30)11-12-21(20)33-2)34-23(28)16-7-6-8-17(13-16)25-35(31,32)19-9-4-3-5-10-19/h3-15,25H,1-2H3,(H,24,27). The van der Waals surface area contributed by atoms with Crippen molar-refractivity contribution in [3.05, 3.63) is 88.5 Å². The van der Waals surface area contributed by atoms with Crippen molar-refractivity contribution in [2.75, 3.05) is 17.1 Å². The van der Waals surface area contributed by atoms with E-state index in [4.69, 9.17) is 9.47 Å². The van der Waals surface area contributed by atoms with Gasteiger partial charge in [0.05, 0.1) is 28.2 Å². The molecule has 3 aromatic rings. The minimum atomic E-state index is -3.87. The number of hydrogen-bond donors (Lipinski definition) is 2. The van der Waals surface area contributed by atoms with E-state index in [9.17, 15) is 28.1 Å². The summed E-state index contributed by atoms with van der Waals surface area (Å²) in [7, 11) is -2.54. The van der Waals surface area contributed by atoms with Gasteiger partial charge >= 0.3 is 5.97 Å². The molecule has 0 heterocycles. The lowest BCUT2D eigenvalue weighted by atomic mass is 10.2. The highest BCUT2D eigenvalue weighted by Gasteiger charge is 2.22. The molecule has 1 unspecified atom stereocenters. The molecule has 182 valence electrons. The van der Waals surface area contributed by atoms with E-state index in [1.165, 1.54) is 62.6 Å². The number of anilines is 2. The molecule has 2 N–H and O–H groups in total. The highest BCUT2D eigenvalue weighted by Crippen LogP contribution is 2.29. The molecule has 0 radical (unpaired) electrons. The van der Waals surface area contributed by atoms with Gasteiger partial charge in [-0.05, 0) is 43.3 Å². The molecule has 35 heavy (non-hydrogen) atoms. The van der Waals surface area contributed by atoms with Gasteiger partial charge in [0.2, 0.25) is 0 Å². The Balaban J connectivity index is 1.69. The number of amides is 1. The average Bonchev–Trinajstić information content (AvgIpc) is 2.84. The number of rotatable bonds is 9. The van der Waals surface area contributed by atoms with E-state index in [1.807, 2.05) is 0 Å². The number of carbonyl (C=O) groups is 2. The number of nitro benzene ring substituents is 1. The fourth-order valence-corrected chi connectivity index (χ4v) is 4.02. The number of carbonyl (C=O) groups excluding carboxylic acids is 2. The van der Waals surface area contributed by atoms with Crippen LogP contribution in [-0.2, 0) is 19.6 Å². The van der Waals surface area contributed by atoms with Gasteiger partial charge in [-0.2, -0.15) is 0 Å². The first-order valence-electron chi connectivity index (χ1n) is 10.1. The second kappa shape index (κ2) is 10.7. The van der Waals surface area contributed by atoms with Crippen LogP contribution in [0.15, 0.2) is 77.7 Å². The predicted molar refractivity (Wildman–Crippen MR) is 127 cm³/mol. The molecule has 0 saturated heterocycles. The molecule has 12 heteroatoms. The third kappa shape index (κ3) is 6.32. The molecule has 3 rings (SSSR count). The molecule has 0 spiro atoms. The van der Waals surface area contributed by atoms with E-state index in [0.717, 1.165) is 6.07 Å². The number of hydrogen-bond acceptors (Lipinski definition) is 8. The molecule has 1 amide bonds. The Hall–Kier alpha value is -4.45. The van der Waals surface area contributed by atoms with Crippen LogP contribution in [0.5, 0.6) is 5.75 Å². The fourth-order valence-electron chi connectivity index (χ4n) is 2.95. The van der Waals surface area contributed by atoms with E-state index in [0.29, 0.717) is 0 Å². The molecule has 0 saturated carbocycles. The number of nitrogens with one attached hydrogen (secondary N) is 2. The number of ether oxygens (including phenoxy) is 2. The van der Waals surface area contributed by atoms with Crippen LogP contribution in [0.3, 0.4) is 0 Å². The van der Waals surface area contributed by atoms with Crippen molar-refractivity contribution in [3.63, 3.8) is 0 Å². The zero-order valence-electron chi connectivity index (χ0n) is 18.6. The van der Waals surface area contributed by atoms with Crippen LogP contribution in [0.2, 0.25) is 0 Å². The summed E-state index contributed by atoms with van der Waals surface area (Å²) in [6, 6.07) is 17.0. The first-order chi connectivity index (χ1) is 16.6. The van der Waals surface area contributed by atoms with Crippen molar-refractivity contribution in [1.82, 2.24) is 0 Å². The van der Waals surface area contributed by atoms with Gasteiger partial charge in [-0.3, -0.25) is 19.6 Å². The van der Waals surface area contributed by atoms with Gasteiger partial charge in [-0.1, -0.05) is 24.3 Å². The Morgan fingerprint density at radius 1 is 1.00 bits per heavy atom. The van der Waals surface area contributed by atoms with Gasteiger partial charge in [0.1, 0.15) is 5.75 Å². The second-order valence-corrected chi connectivity index (χ2v) is 8.86. The minimum absolute atomic E-state index is 0.00541. The topological polar surface area (TPSA) is 154 Å². The molecule has 0 aromatic heterocycles. The van der Waals surface area contributed by atoms with Gasteiger partial charge in [-0.25, -0.2) is 13.2 Å². The minimum Gasteiger partial charge on any atom is -0.495 e. The van der Waals surface area contributed by atoms with Crippen molar-refractivity contribution >= 4 is 39.0 Å². The van der Waals surface area contributed by atoms with Gasteiger partial charge in [0, 0.05) is 17.8 Å². The van der Waals surface area contributed by atoms with Crippen LogP contribution in [0, 0.1) is 10.1 Å². The number of sulfonamides is 1. The number of benzene rings is 3. The number of esters is 1. The summed E-state index contributed by atoms with van der Waals surface area (Å²) in [6.45, 7) is 1.32. The molecule has 1 atom stereocenters. The molecule has 0 aliphatic heterocycles. The zero-order valence-corrected chi connectivity index (χ0v) is 19.4. The Morgan fingerprint density at radius 3 is 2.37 bits per heavy atom. The zero-order chi connectivity index (χ0) is 25.6. The lowest BCUT2D eigenvalue weighted by molar-refractivity contribution is -0.384. The lowest BCUT2D eigenvalue weighted by Gasteiger charge is -2.15. The first kappa shape index (κ1) is 25.2. The third-order valence-corrected chi connectivity index (χ3v) is 6.11. The summed E-state index contributed by atoms with van der Waals surface area (Å²) < 4.78 is 37.7. The number of non-ortho nitro benzene ring substituents is 1. The highest BCUT2D eigenvalue weighted by atomic mass is 32.2. The summed E-state index contributed by atoms with van der Waals surface area (Å²) >= 11 is 0. The van der Waals surface area contributed by atoms with Crippen molar-refractivity contribution in [3.8, 4) is 5.75 Å². The SMILES string of the molecule is COc1ccc([N+](=O)[O-])cc1NC(=O)C(C)OC(=O)c1cccc(NS(=O)(=O)c2ccccc2)c1. The largest absolute Gasteiger partial charge is 0.495 e. The monoisotopic (exact) mass is 499 g/mol. The second-order valence-electron chi connectivity index (χ2n) is 7.18. The molecule has 0 aliphatic carbocycles. The van der Waals surface area contributed by atoms with Crippen LogP contribution >= 0.6 is 0 Å². The van der Waals surface area contributed by atoms with E-state index in [2.05, 4.69) is 10.0 Å². The normalized spacial score (nSPS) is 11.7. The van der Waals surface area contributed by atoms with E-state index in [1.54, 1.807) is 18.2 Å². The van der Waals surface area contributed by atoms with Crippen molar-refractivity contribution < 1.29 is 32.4 Å². The number of nitrogens with zero attached hydrogens (tertiary/aromatic N) is 1. The van der Waals surface area contributed by atoms with Crippen LogP contribution in [-0.4, -0.2) is 38.4 Å². The molecular weight excluding hydrogens is 478 g/mol. The molecule has 0 fully saturated rings. The van der Waals surface area contributed by atoms with E-state index < -0.39 is 32.9 Å². The summed E-state index contributed by atoms with van der Waals surface area (Å²) in [5.41, 5.74) is -0.0972. The van der Waals surface area contributed by atoms with E-state index in [-0.39, 0.29) is 33.3 Å². The van der Waals surface area contributed by atoms with Crippen LogP contribution in [0.4, 0.5) is 17.1 Å². The quantitative estimate of drug-likeness (QED) is 0.257. The van der Waals surface area contributed by atoms with Crippen molar-refractivity contribution in [2.45, 2.75) is 17.9 Å². The van der Waals surface area contributed by atoms with Gasteiger partial charge in [-0.15, -0.1) is 0 Å². The van der Waals surface area contributed by atoms with Crippen molar-refractivity contribution in [2.24, 2.45) is 0 Å². The first-order valence-corrected chi connectivity index (χ1v) is 11.6. The molecular formula is C23H21N3O8S. The van der Waals surface area contributed by atoms with Crippen LogP contribution in [0.25, 0.3) is 0 Å². The smallest absolute Gasteiger partial charge is 0.338 e. The number of nitro groups is 1. The fraction of sp³-hybridized carbons (Fsp3) is 0.130. The van der Waals surface area contributed by atoms with E-state index >= 15 is 0 Å². The Bertz CT molecular complexity index is 1360. The van der Waals surface area contributed by atoms with Gasteiger partial charge < -0.3 is 14.8 Å². The summed E-state index contributed by atoms with van der Waals surface area (Å²) in [5.74, 6) is -1.45. The van der Waals surface area contributed by atoms with Crippen molar-refractivity contribution in [1.29, 1.82) is 0 Å². The summed E-state index contributed by atoms with van der Waals surface area (Å²) in [4.78, 5) is 35.5. The Morgan fingerprint density at radius 2 is 1.71 bits per heavy atom. The molecule has 0 bridgehead atoms. The van der Waals surface area contributed by atoms with Gasteiger partial charge in [0.25, 0.3) is 21.6 Å². The maximum Gasteiger partial charge on any atom is 0.338 e. The molecule has 0 aliphatic rings. The highest BCUT2D eigenvalue weighted by molar-refractivity contribution is 7.92. The molecule has 3 aromatic carbocycles. The summed E-state index contributed by atoms with van der Waals surface area (Å²) in [5, 5.41) is 13.4. The Labute approximate surface area is 200 Å². The summed E-state index contributed by atoms with van der Waals surface area (Å²) in [6.07, 6.45) is -1.28.